The molecule has 3 aliphatic rings. The van der Waals surface area contributed by atoms with Gasteiger partial charge in [-0.05, 0) is 72.4 Å². The van der Waals surface area contributed by atoms with Crippen LogP contribution < -0.4 is 10.6 Å². The third-order valence-electron chi connectivity index (χ3n) is 7.10. The lowest BCUT2D eigenvalue weighted by Gasteiger charge is -2.27. The van der Waals surface area contributed by atoms with E-state index in [1.165, 1.54) is 18.2 Å². The van der Waals surface area contributed by atoms with Crippen molar-refractivity contribution in [2.24, 2.45) is 29.1 Å². The van der Waals surface area contributed by atoms with Gasteiger partial charge in [-0.2, -0.15) is 0 Å². The van der Waals surface area contributed by atoms with Crippen LogP contribution in [0, 0.1) is 34.9 Å². The van der Waals surface area contributed by atoms with Gasteiger partial charge in [0.15, 0.2) is 0 Å². The predicted molar refractivity (Wildman–Crippen MR) is 121 cm³/mol. The summed E-state index contributed by atoms with van der Waals surface area (Å²) in [6, 6.07) is 11.7. The van der Waals surface area contributed by atoms with Crippen molar-refractivity contribution < 1.29 is 14.0 Å². The molecule has 2 aromatic rings. The molecular weight excluding hydrogens is 483 g/mol. The highest BCUT2D eigenvalue weighted by molar-refractivity contribution is 9.10. The van der Waals surface area contributed by atoms with Crippen LogP contribution in [0.4, 0.5) is 10.1 Å². The number of hydrogen-bond acceptors (Lipinski definition) is 2. The van der Waals surface area contributed by atoms with Crippen molar-refractivity contribution in [3.63, 3.8) is 0 Å². The fourth-order valence-electron chi connectivity index (χ4n) is 5.55. The predicted octanol–water partition coefficient (Wildman–Crippen LogP) is 5.44. The van der Waals surface area contributed by atoms with Crippen molar-refractivity contribution in [2.45, 2.75) is 12.8 Å². The Morgan fingerprint density at radius 3 is 2.52 bits per heavy atom. The maximum absolute atomic E-state index is 13.7. The summed E-state index contributed by atoms with van der Waals surface area (Å²) < 4.78 is 14.7. The lowest BCUT2D eigenvalue weighted by molar-refractivity contribution is -0.122. The highest BCUT2D eigenvalue weighted by Crippen LogP contribution is 2.71. The number of benzene rings is 2. The first-order chi connectivity index (χ1) is 14.9. The van der Waals surface area contributed by atoms with Crippen LogP contribution in [0.3, 0.4) is 0 Å². The quantitative estimate of drug-likeness (QED) is 0.534. The van der Waals surface area contributed by atoms with Gasteiger partial charge >= 0.3 is 0 Å². The van der Waals surface area contributed by atoms with E-state index in [2.05, 4.69) is 38.7 Å². The van der Waals surface area contributed by atoms with E-state index in [4.69, 9.17) is 11.6 Å². The third kappa shape index (κ3) is 3.50. The molecule has 3 aliphatic carbocycles. The van der Waals surface area contributed by atoms with E-state index in [1.807, 2.05) is 24.3 Å². The molecule has 2 fully saturated rings. The molecule has 4 nitrogen and oxygen atoms in total. The molecule has 7 heteroatoms. The van der Waals surface area contributed by atoms with Crippen LogP contribution in [-0.4, -0.2) is 18.4 Å². The smallest absolute Gasteiger partial charge is 0.252 e. The summed E-state index contributed by atoms with van der Waals surface area (Å²) in [5, 5.41) is 5.77. The Bertz CT molecular complexity index is 1080. The van der Waals surface area contributed by atoms with E-state index in [9.17, 15) is 14.0 Å². The van der Waals surface area contributed by atoms with Crippen molar-refractivity contribution in [3.8, 4) is 0 Å². The number of rotatable bonds is 5. The Morgan fingerprint density at radius 1 is 1.10 bits per heavy atom. The maximum atomic E-state index is 13.7. The molecular formula is C24H21BrClFN2O2. The van der Waals surface area contributed by atoms with Gasteiger partial charge in [0.2, 0.25) is 5.91 Å². The zero-order valence-electron chi connectivity index (χ0n) is 16.6. The molecule has 2 amide bonds. The van der Waals surface area contributed by atoms with E-state index in [0.717, 1.165) is 23.0 Å². The van der Waals surface area contributed by atoms with Crippen LogP contribution in [0.15, 0.2) is 59.1 Å². The van der Waals surface area contributed by atoms with Crippen LogP contribution >= 0.6 is 27.5 Å². The van der Waals surface area contributed by atoms with E-state index in [1.54, 1.807) is 0 Å². The van der Waals surface area contributed by atoms with Gasteiger partial charge in [-0.1, -0.05) is 45.7 Å². The van der Waals surface area contributed by atoms with Crippen LogP contribution in [0.5, 0.6) is 0 Å². The number of hydrogen-bond donors (Lipinski definition) is 2. The largest absolute Gasteiger partial charge is 0.352 e. The van der Waals surface area contributed by atoms with Gasteiger partial charge in [-0.25, -0.2) is 4.39 Å². The molecule has 1 spiro atoms. The minimum Gasteiger partial charge on any atom is -0.352 e. The van der Waals surface area contributed by atoms with Crippen molar-refractivity contribution in [3.05, 3.63) is 75.5 Å². The number of nitrogens with one attached hydrogen (secondary N) is 2. The van der Waals surface area contributed by atoms with Crippen LogP contribution in [-0.2, 0) is 4.79 Å². The van der Waals surface area contributed by atoms with Crippen LogP contribution in [0.2, 0.25) is 5.02 Å². The van der Waals surface area contributed by atoms with Crippen molar-refractivity contribution in [1.29, 1.82) is 0 Å². The second-order valence-corrected chi connectivity index (χ2v) is 9.96. The van der Waals surface area contributed by atoms with Crippen LogP contribution in [0.25, 0.3) is 0 Å². The normalized spacial score (nSPS) is 26.8. The van der Waals surface area contributed by atoms with Gasteiger partial charge in [0.1, 0.15) is 5.82 Å². The van der Waals surface area contributed by atoms with Gasteiger partial charge in [-0.15, -0.1) is 0 Å². The van der Waals surface area contributed by atoms with Gasteiger partial charge in [0.05, 0.1) is 16.5 Å². The van der Waals surface area contributed by atoms with Gasteiger partial charge in [0, 0.05) is 16.7 Å². The summed E-state index contributed by atoms with van der Waals surface area (Å²) in [6.45, 7) is 0.345. The fraction of sp³-hybridized carbons (Fsp3) is 0.333. The zero-order valence-corrected chi connectivity index (χ0v) is 18.9. The molecule has 0 heterocycles. The average molecular weight is 504 g/mol. The topological polar surface area (TPSA) is 58.2 Å². The molecule has 5 rings (SSSR count). The van der Waals surface area contributed by atoms with E-state index >= 15 is 0 Å². The Morgan fingerprint density at radius 2 is 1.81 bits per heavy atom. The number of anilines is 1. The minimum absolute atomic E-state index is 0.00997. The Labute approximate surface area is 193 Å². The molecule has 2 saturated carbocycles. The zero-order chi connectivity index (χ0) is 21.8. The van der Waals surface area contributed by atoms with Gasteiger partial charge in [-0.3, -0.25) is 9.59 Å². The molecule has 2 aromatic carbocycles. The number of amides is 2. The lowest BCUT2D eigenvalue weighted by Crippen LogP contribution is -2.39. The fourth-order valence-corrected chi connectivity index (χ4v) is 6.02. The standard InChI is InChI=1S/C24H21BrClFN2O2/c25-13-4-6-14(7-5-13)29-23(31)20-16(17-8-9-18(20)24(17)10-11-24)12-28-22(30)15-2-1-3-19(27)21(15)26/h1-9,16-18,20H,10-12H2,(H,28,30)(H,29,31)/t16-,17-,18+,20+/m1/s1. The van der Waals surface area contributed by atoms with Gasteiger partial charge in [0.25, 0.3) is 5.91 Å². The summed E-state index contributed by atoms with van der Waals surface area (Å²) in [5.41, 5.74) is 1.02. The first-order valence-corrected chi connectivity index (χ1v) is 11.5. The molecule has 0 unspecified atom stereocenters. The highest BCUT2D eigenvalue weighted by Gasteiger charge is 2.68. The molecule has 2 bridgehead atoms. The summed E-state index contributed by atoms with van der Waals surface area (Å²) in [7, 11) is 0. The third-order valence-corrected chi connectivity index (χ3v) is 8.01. The molecule has 4 atom stereocenters. The molecule has 0 aliphatic heterocycles. The molecule has 31 heavy (non-hydrogen) atoms. The summed E-state index contributed by atoms with van der Waals surface area (Å²) >= 11 is 9.37. The van der Waals surface area contributed by atoms with Crippen molar-refractivity contribution in [2.75, 3.05) is 11.9 Å². The SMILES string of the molecule is O=C(NC[C@H]1[C@H](C(=O)Nc2ccc(Br)cc2)[C@@H]2C=C[C@H]1C21CC1)c1cccc(F)c1Cl. The molecule has 0 radical (unpaired) electrons. The minimum atomic E-state index is -0.624. The lowest BCUT2D eigenvalue weighted by atomic mass is 9.82. The van der Waals surface area contributed by atoms with Crippen molar-refractivity contribution in [1.82, 2.24) is 5.32 Å². The van der Waals surface area contributed by atoms with E-state index in [0.29, 0.717) is 6.54 Å². The summed E-state index contributed by atoms with van der Waals surface area (Å²) in [4.78, 5) is 26.0. The Balaban J connectivity index is 1.34. The van der Waals surface area contributed by atoms with Crippen molar-refractivity contribution >= 4 is 45.0 Å². The average Bonchev–Trinajstić information content (AvgIpc) is 3.42. The number of carbonyl (C=O) groups is 2. The maximum Gasteiger partial charge on any atom is 0.252 e. The highest BCUT2D eigenvalue weighted by atomic mass is 79.9. The summed E-state index contributed by atoms with van der Waals surface area (Å²) in [6.07, 6.45) is 6.62. The summed E-state index contributed by atoms with van der Waals surface area (Å²) in [5.74, 6) is -0.842. The number of allylic oxidation sites excluding steroid dienone is 2. The first-order valence-electron chi connectivity index (χ1n) is 10.4. The monoisotopic (exact) mass is 502 g/mol. The second-order valence-electron chi connectivity index (χ2n) is 8.67. The molecule has 160 valence electrons. The molecule has 0 saturated heterocycles. The van der Waals surface area contributed by atoms with E-state index < -0.39 is 11.7 Å². The Kier molecular flexibility index (Phi) is 5.18. The van der Waals surface area contributed by atoms with E-state index in [-0.39, 0.29) is 45.6 Å². The Hall–Kier alpha value is -2.18. The first kappa shape index (κ1) is 20.7. The van der Waals surface area contributed by atoms with Gasteiger partial charge < -0.3 is 10.6 Å². The molecule has 2 N–H and O–H groups in total. The van der Waals surface area contributed by atoms with Crippen LogP contribution in [0.1, 0.15) is 23.2 Å². The second kappa shape index (κ2) is 7.75. The number of carbonyl (C=O) groups excluding carboxylic acids is 2. The number of halogens is 3. The molecule has 0 aromatic heterocycles.